The summed E-state index contributed by atoms with van der Waals surface area (Å²) in [5.74, 6) is -0.848. The monoisotopic (exact) mass is 521 g/mol. The minimum absolute atomic E-state index is 0.0316. The van der Waals surface area contributed by atoms with Gasteiger partial charge in [-0.15, -0.1) is 0 Å². The summed E-state index contributed by atoms with van der Waals surface area (Å²) in [7, 11) is 0. The number of benzene rings is 1. The minimum atomic E-state index is -0.851. The average molecular weight is 522 g/mol. The number of fused-ring (bicyclic) bond motifs is 1. The number of hydrogen-bond acceptors (Lipinski definition) is 9. The Kier molecular flexibility index (Phi) is 7.22. The molecule has 11 nitrogen and oxygen atoms in total. The Bertz CT molecular complexity index is 1370. The first-order valence-corrected chi connectivity index (χ1v) is 12.3. The molecule has 2 amide bonds. The average Bonchev–Trinajstić information content (AvgIpc) is 2.91. The molecule has 2 aromatic heterocycles. The number of amides is 2. The number of carbonyl (C=O) groups excluding carboxylic acids is 2. The smallest absolute Gasteiger partial charge is 0.255 e. The van der Waals surface area contributed by atoms with Crippen LogP contribution < -0.4 is 36.9 Å². The summed E-state index contributed by atoms with van der Waals surface area (Å²) in [5, 5.41) is 8.81. The van der Waals surface area contributed by atoms with Gasteiger partial charge in [-0.05, 0) is 43.2 Å². The van der Waals surface area contributed by atoms with Crippen LogP contribution in [-0.4, -0.2) is 47.1 Å². The van der Waals surface area contributed by atoms with E-state index in [1.807, 2.05) is 0 Å². The Hall–Kier alpha value is -4.45. The van der Waals surface area contributed by atoms with Gasteiger partial charge in [0, 0.05) is 17.6 Å². The second-order valence-corrected chi connectivity index (χ2v) is 9.18. The second kappa shape index (κ2) is 10.9. The lowest BCUT2D eigenvalue weighted by atomic mass is 9.91. The molecule has 3 heterocycles. The Morgan fingerprint density at radius 3 is 2.53 bits per heavy atom. The van der Waals surface area contributed by atoms with Crippen LogP contribution in [0.15, 0.2) is 42.7 Å². The lowest BCUT2D eigenvalue weighted by molar-refractivity contribution is 0.0997. The number of anilines is 4. The Morgan fingerprint density at radius 1 is 0.974 bits per heavy atom. The summed E-state index contributed by atoms with van der Waals surface area (Å²) in [5.41, 5.74) is 12.7. The van der Waals surface area contributed by atoms with E-state index in [9.17, 15) is 14.0 Å². The molecule has 0 spiro atoms. The molecular weight excluding hydrogens is 493 g/mol. The molecule has 0 bridgehead atoms. The van der Waals surface area contributed by atoms with Gasteiger partial charge in [-0.1, -0.05) is 12.8 Å². The number of nitrogens with zero attached hydrogens (tertiary/aromatic N) is 2. The van der Waals surface area contributed by atoms with Crippen molar-refractivity contribution in [2.75, 3.05) is 29.2 Å². The van der Waals surface area contributed by atoms with Crippen LogP contribution in [0.1, 0.15) is 46.4 Å². The highest BCUT2D eigenvalue weighted by atomic mass is 19.1. The molecule has 2 aliphatic rings. The first-order valence-electron chi connectivity index (χ1n) is 12.3. The Balaban J connectivity index is 1.35. The van der Waals surface area contributed by atoms with Gasteiger partial charge < -0.3 is 36.9 Å². The van der Waals surface area contributed by atoms with E-state index < -0.39 is 11.7 Å². The van der Waals surface area contributed by atoms with E-state index in [1.54, 1.807) is 24.3 Å². The summed E-state index contributed by atoms with van der Waals surface area (Å²) in [6, 6.07) is 7.28. The molecule has 2 atom stereocenters. The molecule has 1 fully saturated rings. The fourth-order valence-corrected chi connectivity index (χ4v) is 4.49. The lowest BCUT2D eigenvalue weighted by Crippen LogP contribution is -2.43. The zero-order valence-electron chi connectivity index (χ0n) is 20.5. The number of nitrogens with two attached hydrogens (primary N) is 2. The van der Waals surface area contributed by atoms with Gasteiger partial charge in [-0.3, -0.25) is 14.6 Å². The molecule has 7 N–H and O–H groups in total. The summed E-state index contributed by atoms with van der Waals surface area (Å²) in [6.07, 6.45) is 6.56. The molecule has 0 saturated heterocycles. The number of carbonyl (C=O) groups is 2. The highest BCUT2D eigenvalue weighted by molar-refractivity contribution is 6.05. The van der Waals surface area contributed by atoms with Crippen LogP contribution in [0, 0.1) is 5.82 Å². The van der Waals surface area contributed by atoms with Crippen LogP contribution in [0.4, 0.5) is 27.4 Å². The van der Waals surface area contributed by atoms with Gasteiger partial charge in [0.2, 0.25) is 0 Å². The van der Waals surface area contributed by atoms with Gasteiger partial charge in [0.1, 0.15) is 19.0 Å². The number of pyridine rings is 2. The molecule has 1 aromatic carbocycles. The molecule has 0 radical (unpaired) electrons. The van der Waals surface area contributed by atoms with Crippen molar-refractivity contribution in [3.05, 3.63) is 59.7 Å². The minimum Gasteiger partial charge on any atom is -0.486 e. The summed E-state index contributed by atoms with van der Waals surface area (Å²) >= 11 is 0. The van der Waals surface area contributed by atoms with Crippen LogP contribution in [0.3, 0.4) is 0 Å². The van der Waals surface area contributed by atoms with E-state index in [1.165, 1.54) is 12.4 Å². The van der Waals surface area contributed by atoms with Gasteiger partial charge in [0.15, 0.2) is 23.1 Å². The van der Waals surface area contributed by atoms with Crippen molar-refractivity contribution in [1.82, 2.24) is 9.97 Å². The van der Waals surface area contributed by atoms with Crippen LogP contribution >= 0.6 is 0 Å². The van der Waals surface area contributed by atoms with E-state index in [-0.39, 0.29) is 35.2 Å². The summed E-state index contributed by atoms with van der Waals surface area (Å²) < 4.78 is 25.8. The highest BCUT2D eigenvalue weighted by Gasteiger charge is 2.24. The second-order valence-electron chi connectivity index (χ2n) is 9.18. The van der Waals surface area contributed by atoms with Crippen LogP contribution in [0.2, 0.25) is 0 Å². The number of ether oxygens (including phenoxy) is 2. The SMILES string of the molecule is NC(=O)c1cc(F)c(NC2CCCC[C@@H]2N)nc1Nc1cncc(NC(=O)c2ccc3c(c2)OCCO3)c1. The highest BCUT2D eigenvalue weighted by Crippen LogP contribution is 2.31. The zero-order chi connectivity index (χ0) is 26.6. The van der Waals surface area contributed by atoms with Crippen LogP contribution in [-0.2, 0) is 0 Å². The van der Waals surface area contributed by atoms with Crippen molar-refractivity contribution in [3.8, 4) is 11.5 Å². The Labute approximate surface area is 218 Å². The van der Waals surface area contributed by atoms with Gasteiger partial charge in [-0.25, -0.2) is 9.37 Å². The molecule has 1 aliphatic heterocycles. The predicted octanol–water partition coefficient (Wildman–Crippen LogP) is 3.16. The van der Waals surface area contributed by atoms with Gasteiger partial charge in [-0.2, -0.15) is 0 Å². The zero-order valence-corrected chi connectivity index (χ0v) is 20.5. The molecule has 38 heavy (non-hydrogen) atoms. The summed E-state index contributed by atoms with van der Waals surface area (Å²) in [6.45, 7) is 0.862. The third kappa shape index (κ3) is 5.59. The van der Waals surface area contributed by atoms with E-state index in [0.29, 0.717) is 41.7 Å². The number of primary amides is 1. The van der Waals surface area contributed by atoms with E-state index in [0.717, 1.165) is 31.7 Å². The van der Waals surface area contributed by atoms with Crippen LogP contribution in [0.25, 0.3) is 0 Å². The molecule has 1 aliphatic carbocycles. The molecule has 1 unspecified atom stereocenters. The largest absolute Gasteiger partial charge is 0.486 e. The van der Waals surface area contributed by atoms with E-state index in [2.05, 4.69) is 25.9 Å². The number of nitrogens with one attached hydrogen (secondary N) is 3. The van der Waals surface area contributed by atoms with Gasteiger partial charge in [0.05, 0.1) is 29.3 Å². The number of aromatic nitrogens is 2. The van der Waals surface area contributed by atoms with Gasteiger partial charge >= 0.3 is 0 Å². The van der Waals surface area contributed by atoms with E-state index in [4.69, 9.17) is 20.9 Å². The maximum absolute atomic E-state index is 14.8. The molecule has 198 valence electrons. The predicted molar refractivity (Wildman–Crippen MR) is 139 cm³/mol. The summed E-state index contributed by atoms with van der Waals surface area (Å²) in [4.78, 5) is 33.3. The van der Waals surface area contributed by atoms with Crippen LogP contribution in [0.5, 0.6) is 11.5 Å². The number of rotatable bonds is 7. The fourth-order valence-electron chi connectivity index (χ4n) is 4.49. The van der Waals surface area contributed by atoms with Crippen molar-refractivity contribution in [2.24, 2.45) is 11.5 Å². The van der Waals surface area contributed by atoms with E-state index >= 15 is 0 Å². The first kappa shape index (κ1) is 25.2. The van der Waals surface area contributed by atoms with Crippen molar-refractivity contribution < 1.29 is 23.5 Å². The van der Waals surface area contributed by atoms with Crippen molar-refractivity contribution >= 4 is 34.8 Å². The third-order valence-corrected chi connectivity index (χ3v) is 6.45. The Morgan fingerprint density at radius 2 is 1.74 bits per heavy atom. The molecule has 3 aromatic rings. The third-order valence-electron chi connectivity index (χ3n) is 6.45. The first-order chi connectivity index (χ1) is 18.4. The molecule has 12 heteroatoms. The fraction of sp³-hybridized carbons (Fsp3) is 0.308. The normalized spacial score (nSPS) is 18.4. The van der Waals surface area contributed by atoms with Crippen molar-refractivity contribution in [1.29, 1.82) is 0 Å². The quantitative estimate of drug-likeness (QED) is 0.314. The molecular formula is C26H28FN7O4. The molecule has 5 rings (SSSR count). The van der Waals surface area contributed by atoms with Crippen molar-refractivity contribution in [3.63, 3.8) is 0 Å². The standard InChI is InChI=1S/C26H28FN7O4/c27-18-11-17(23(29)35)24(34-25(18)33-20-4-2-1-3-19(20)28)31-15-10-16(13-30-12-15)32-26(36)14-5-6-21-22(9-14)38-8-7-37-21/h5-6,9-13,19-20H,1-4,7-8,28H2,(H2,29,35)(H,32,36)(H2,31,33,34)/t19-,20?/m0/s1. The van der Waals surface area contributed by atoms with Gasteiger partial charge in [0.25, 0.3) is 11.8 Å². The maximum Gasteiger partial charge on any atom is 0.255 e. The van der Waals surface area contributed by atoms with Crippen molar-refractivity contribution in [2.45, 2.75) is 37.8 Å². The maximum atomic E-state index is 14.8. The lowest BCUT2D eigenvalue weighted by Gasteiger charge is -2.30. The number of hydrogen-bond donors (Lipinski definition) is 5. The molecule has 1 saturated carbocycles. The topological polar surface area (TPSA) is 167 Å². The number of halogens is 1.